The molecule has 0 spiro atoms. The molecule has 1 aliphatic heterocycles. The molecule has 2 aromatic rings. The summed E-state index contributed by atoms with van der Waals surface area (Å²) in [5.74, 6) is -0.212. The molecular weight excluding hydrogens is 364 g/mol. The van der Waals surface area contributed by atoms with Crippen molar-refractivity contribution in [3.05, 3.63) is 56.7 Å². The van der Waals surface area contributed by atoms with Crippen molar-refractivity contribution in [2.24, 2.45) is 4.99 Å². The van der Waals surface area contributed by atoms with Gasteiger partial charge in [0, 0.05) is 26.7 Å². The van der Waals surface area contributed by atoms with Gasteiger partial charge in [-0.3, -0.25) is 10.1 Å². The molecule has 6 heteroatoms. The van der Waals surface area contributed by atoms with Crippen molar-refractivity contribution in [1.82, 2.24) is 5.32 Å². The number of ether oxygens (including phenoxy) is 1. The predicted molar refractivity (Wildman–Crippen MR) is 91.3 cm³/mol. The number of benzene rings is 1. The first-order valence-corrected chi connectivity index (χ1v) is 8.58. The number of amides is 1. The highest BCUT2D eigenvalue weighted by Crippen LogP contribution is 2.37. The van der Waals surface area contributed by atoms with Gasteiger partial charge in [-0.05, 0) is 41.1 Å². The van der Waals surface area contributed by atoms with Crippen molar-refractivity contribution < 1.29 is 9.53 Å². The summed E-state index contributed by atoms with van der Waals surface area (Å²) in [6, 6.07) is 11.4. The molecule has 1 aliphatic rings. The number of thiophene rings is 1. The summed E-state index contributed by atoms with van der Waals surface area (Å²) in [7, 11) is 0. The molecule has 1 atom stereocenters. The van der Waals surface area contributed by atoms with Crippen molar-refractivity contribution in [3.63, 3.8) is 0 Å². The molecule has 0 bridgehead atoms. The Kier molecular flexibility index (Phi) is 4.31. The van der Waals surface area contributed by atoms with Gasteiger partial charge in [0.1, 0.15) is 5.54 Å². The number of hydrogen-bond donors (Lipinski definition) is 1. The number of aliphatic imine (C=N–C) groups is 1. The van der Waals surface area contributed by atoms with Gasteiger partial charge in [0.05, 0.1) is 6.61 Å². The third-order valence-corrected chi connectivity index (χ3v) is 5.47. The van der Waals surface area contributed by atoms with Gasteiger partial charge < -0.3 is 4.74 Å². The van der Waals surface area contributed by atoms with E-state index in [0.29, 0.717) is 12.2 Å². The number of amidine groups is 1. The van der Waals surface area contributed by atoms with Crippen molar-refractivity contribution in [2.75, 3.05) is 6.61 Å². The zero-order chi connectivity index (χ0) is 15.6. The molecule has 0 aliphatic carbocycles. The normalized spacial score (nSPS) is 20.9. The lowest BCUT2D eigenvalue weighted by Gasteiger charge is -2.29. The summed E-state index contributed by atoms with van der Waals surface area (Å²) >= 11 is 5.12. The third-order valence-electron chi connectivity index (χ3n) is 3.53. The largest absolute Gasteiger partial charge is 0.465 e. The molecule has 114 valence electrons. The minimum Gasteiger partial charge on any atom is -0.465 e. The van der Waals surface area contributed by atoms with Crippen LogP contribution in [0.25, 0.3) is 0 Å². The molecule has 2 heterocycles. The summed E-state index contributed by atoms with van der Waals surface area (Å²) in [5.41, 5.74) is 0.216. The monoisotopic (exact) mass is 378 g/mol. The first-order chi connectivity index (χ1) is 10.6. The fraction of sp³-hybridized carbons (Fsp3) is 0.250. The zero-order valence-electron chi connectivity index (χ0n) is 12.0. The third kappa shape index (κ3) is 3.23. The van der Waals surface area contributed by atoms with E-state index < -0.39 is 0 Å². The van der Waals surface area contributed by atoms with Crippen molar-refractivity contribution in [2.45, 2.75) is 18.9 Å². The molecule has 0 saturated heterocycles. The van der Waals surface area contributed by atoms with E-state index in [-0.39, 0.29) is 17.5 Å². The lowest BCUT2D eigenvalue weighted by molar-refractivity contribution is 0.0959. The SMILES string of the molecule is C[C@@]1(c2cc(Br)cs2)CCOC(NC(=O)c2ccccc2)=N1. The van der Waals surface area contributed by atoms with Gasteiger partial charge in [0.25, 0.3) is 11.9 Å². The van der Waals surface area contributed by atoms with E-state index in [9.17, 15) is 4.79 Å². The van der Waals surface area contributed by atoms with Crippen LogP contribution >= 0.6 is 27.3 Å². The van der Waals surface area contributed by atoms with E-state index in [1.165, 1.54) is 0 Å². The highest BCUT2D eigenvalue weighted by molar-refractivity contribution is 9.10. The fourth-order valence-corrected chi connectivity index (χ4v) is 3.82. The topological polar surface area (TPSA) is 50.7 Å². The lowest BCUT2D eigenvalue weighted by atomic mass is 9.96. The smallest absolute Gasteiger partial charge is 0.292 e. The average Bonchev–Trinajstić information content (AvgIpc) is 2.96. The maximum Gasteiger partial charge on any atom is 0.292 e. The van der Waals surface area contributed by atoms with Crippen LogP contribution in [0.4, 0.5) is 0 Å². The first-order valence-electron chi connectivity index (χ1n) is 6.90. The number of rotatable bonds is 2. The van der Waals surface area contributed by atoms with E-state index >= 15 is 0 Å². The molecular formula is C16H15BrN2O2S. The molecule has 1 aromatic heterocycles. The van der Waals surface area contributed by atoms with Crippen LogP contribution in [0.3, 0.4) is 0 Å². The maximum atomic E-state index is 12.2. The highest BCUT2D eigenvalue weighted by atomic mass is 79.9. The summed E-state index contributed by atoms with van der Waals surface area (Å²) < 4.78 is 6.55. The Morgan fingerprint density at radius 1 is 1.41 bits per heavy atom. The Morgan fingerprint density at radius 2 is 2.18 bits per heavy atom. The van der Waals surface area contributed by atoms with E-state index in [1.54, 1.807) is 23.5 Å². The van der Waals surface area contributed by atoms with Crippen LogP contribution in [0, 0.1) is 0 Å². The van der Waals surface area contributed by atoms with Gasteiger partial charge in [-0.25, -0.2) is 4.99 Å². The minimum atomic E-state index is -0.367. The summed E-state index contributed by atoms with van der Waals surface area (Å²) in [4.78, 5) is 17.9. The molecule has 3 rings (SSSR count). The van der Waals surface area contributed by atoms with Gasteiger partial charge in [0.15, 0.2) is 0 Å². The molecule has 4 nitrogen and oxygen atoms in total. The van der Waals surface area contributed by atoms with Gasteiger partial charge in [0.2, 0.25) is 0 Å². The zero-order valence-corrected chi connectivity index (χ0v) is 14.4. The van der Waals surface area contributed by atoms with Crippen molar-refractivity contribution >= 4 is 39.2 Å². The van der Waals surface area contributed by atoms with Crippen LogP contribution < -0.4 is 5.32 Å². The van der Waals surface area contributed by atoms with Crippen LogP contribution in [-0.2, 0) is 10.3 Å². The van der Waals surface area contributed by atoms with Crippen LogP contribution in [-0.4, -0.2) is 18.5 Å². The number of carbonyl (C=O) groups is 1. The summed E-state index contributed by atoms with van der Waals surface area (Å²) in [6.45, 7) is 2.59. The number of halogens is 1. The molecule has 0 fully saturated rings. The van der Waals surface area contributed by atoms with Crippen molar-refractivity contribution in [3.8, 4) is 0 Å². The second kappa shape index (κ2) is 6.22. The van der Waals surface area contributed by atoms with Gasteiger partial charge in [-0.1, -0.05) is 18.2 Å². The van der Waals surface area contributed by atoms with Crippen LogP contribution in [0.1, 0.15) is 28.6 Å². The average molecular weight is 379 g/mol. The molecule has 1 amide bonds. The van der Waals surface area contributed by atoms with E-state index in [0.717, 1.165) is 15.8 Å². The second-order valence-electron chi connectivity index (χ2n) is 5.24. The van der Waals surface area contributed by atoms with E-state index in [2.05, 4.69) is 39.2 Å². The Hall–Kier alpha value is -1.66. The Morgan fingerprint density at radius 3 is 2.86 bits per heavy atom. The van der Waals surface area contributed by atoms with Gasteiger partial charge in [-0.15, -0.1) is 11.3 Å². The fourth-order valence-electron chi connectivity index (χ4n) is 2.26. The standard InChI is InChI=1S/C16H15BrN2O2S/c1-16(13-9-12(17)10-22-13)7-8-21-15(19-16)18-14(20)11-5-3-2-4-6-11/h2-6,9-10H,7-8H2,1H3,(H,18,19,20)/t16-/m0/s1. The second-order valence-corrected chi connectivity index (χ2v) is 7.07. The molecule has 0 radical (unpaired) electrons. The van der Waals surface area contributed by atoms with E-state index in [1.807, 2.05) is 23.6 Å². The minimum absolute atomic E-state index is 0.212. The first kappa shape index (κ1) is 15.2. The molecule has 0 saturated carbocycles. The molecule has 0 unspecified atom stereocenters. The lowest BCUT2D eigenvalue weighted by Crippen LogP contribution is -2.39. The number of nitrogens with one attached hydrogen (secondary N) is 1. The van der Waals surface area contributed by atoms with Crippen LogP contribution in [0.15, 0.2) is 51.2 Å². The van der Waals surface area contributed by atoms with Crippen LogP contribution in [0.2, 0.25) is 0 Å². The van der Waals surface area contributed by atoms with E-state index in [4.69, 9.17) is 4.74 Å². The maximum absolute atomic E-state index is 12.2. The predicted octanol–water partition coefficient (Wildman–Crippen LogP) is 3.93. The number of carbonyl (C=O) groups excluding carboxylic acids is 1. The van der Waals surface area contributed by atoms with Crippen LogP contribution in [0.5, 0.6) is 0 Å². The molecule has 1 N–H and O–H groups in total. The number of nitrogens with zero attached hydrogens (tertiary/aromatic N) is 1. The Labute approximate surface area is 141 Å². The van der Waals surface area contributed by atoms with Gasteiger partial charge in [-0.2, -0.15) is 0 Å². The Bertz CT molecular complexity index is 714. The summed E-state index contributed by atoms with van der Waals surface area (Å²) in [5, 5.41) is 4.78. The summed E-state index contributed by atoms with van der Waals surface area (Å²) in [6.07, 6.45) is 0.782. The Balaban J connectivity index is 1.80. The van der Waals surface area contributed by atoms with Crippen molar-refractivity contribution in [1.29, 1.82) is 0 Å². The quantitative estimate of drug-likeness (QED) is 0.860. The number of hydrogen-bond acceptors (Lipinski definition) is 4. The molecule has 22 heavy (non-hydrogen) atoms. The highest BCUT2D eigenvalue weighted by Gasteiger charge is 2.32. The molecule has 1 aromatic carbocycles. The van der Waals surface area contributed by atoms with Gasteiger partial charge >= 0.3 is 0 Å².